The highest BCUT2D eigenvalue weighted by atomic mass is 35.5. The SMILES string of the molecule is Cl.c1cnn(C2CCNC2)n1. The highest BCUT2D eigenvalue weighted by molar-refractivity contribution is 5.85. The van der Waals surface area contributed by atoms with Gasteiger partial charge in [-0.25, -0.2) is 0 Å². The van der Waals surface area contributed by atoms with Crippen LogP contribution in [0.1, 0.15) is 12.5 Å². The van der Waals surface area contributed by atoms with Gasteiger partial charge in [-0.1, -0.05) is 0 Å². The molecule has 1 N–H and O–H groups in total. The molecule has 4 nitrogen and oxygen atoms in total. The van der Waals surface area contributed by atoms with Crippen molar-refractivity contribution < 1.29 is 0 Å². The van der Waals surface area contributed by atoms with E-state index in [1.54, 1.807) is 17.2 Å². The molecule has 1 aromatic rings. The van der Waals surface area contributed by atoms with E-state index >= 15 is 0 Å². The highest BCUT2D eigenvalue weighted by Gasteiger charge is 2.16. The van der Waals surface area contributed by atoms with Crippen molar-refractivity contribution in [3.63, 3.8) is 0 Å². The first-order valence-electron chi connectivity index (χ1n) is 3.53. The van der Waals surface area contributed by atoms with E-state index in [9.17, 15) is 0 Å². The van der Waals surface area contributed by atoms with Gasteiger partial charge in [-0.05, 0) is 13.0 Å². The zero-order chi connectivity index (χ0) is 6.81. The van der Waals surface area contributed by atoms with Crippen molar-refractivity contribution in [2.75, 3.05) is 13.1 Å². The van der Waals surface area contributed by atoms with Gasteiger partial charge in [-0.3, -0.25) is 0 Å². The van der Waals surface area contributed by atoms with Crippen LogP contribution >= 0.6 is 12.4 Å². The summed E-state index contributed by atoms with van der Waals surface area (Å²) in [4.78, 5) is 1.78. The third kappa shape index (κ3) is 1.70. The Hall–Kier alpha value is -0.610. The molecule has 0 bridgehead atoms. The Bertz CT molecular complexity index is 192. The molecule has 0 aliphatic carbocycles. The molecular formula is C6H11ClN4. The minimum atomic E-state index is 0. The summed E-state index contributed by atoms with van der Waals surface area (Å²) in [6, 6.07) is 0.481. The number of aromatic nitrogens is 3. The fourth-order valence-corrected chi connectivity index (χ4v) is 1.25. The largest absolute Gasteiger partial charge is 0.314 e. The average Bonchev–Trinajstić information content (AvgIpc) is 2.59. The first-order chi connectivity index (χ1) is 4.97. The van der Waals surface area contributed by atoms with Crippen LogP contribution < -0.4 is 5.32 Å². The summed E-state index contributed by atoms with van der Waals surface area (Å²) in [6.07, 6.45) is 4.59. The van der Waals surface area contributed by atoms with Crippen molar-refractivity contribution in [2.45, 2.75) is 12.5 Å². The normalized spacial score (nSPS) is 23.1. The van der Waals surface area contributed by atoms with Crippen LogP contribution in [-0.2, 0) is 0 Å². The topological polar surface area (TPSA) is 42.7 Å². The van der Waals surface area contributed by atoms with Crippen LogP contribution in [-0.4, -0.2) is 28.1 Å². The van der Waals surface area contributed by atoms with Gasteiger partial charge in [0, 0.05) is 6.54 Å². The van der Waals surface area contributed by atoms with Gasteiger partial charge in [0.1, 0.15) is 0 Å². The summed E-state index contributed by atoms with van der Waals surface area (Å²) >= 11 is 0. The molecule has 0 aromatic carbocycles. The lowest BCUT2D eigenvalue weighted by Gasteiger charge is -2.04. The summed E-state index contributed by atoms with van der Waals surface area (Å²) in [7, 11) is 0. The van der Waals surface area contributed by atoms with Gasteiger partial charge in [-0.2, -0.15) is 15.0 Å². The molecule has 0 radical (unpaired) electrons. The maximum absolute atomic E-state index is 4.06. The maximum Gasteiger partial charge on any atom is 0.0852 e. The molecule has 1 unspecified atom stereocenters. The van der Waals surface area contributed by atoms with E-state index < -0.39 is 0 Å². The predicted octanol–water partition coefficient (Wildman–Crippen LogP) is 0.234. The monoisotopic (exact) mass is 174 g/mol. The lowest BCUT2D eigenvalue weighted by Crippen LogP contribution is -2.15. The molecule has 62 valence electrons. The number of nitrogens with one attached hydrogen (secondary N) is 1. The van der Waals surface area contributed by atoms with Crippen molar-refractivity contribution in [2.24, 2.45) is 0 Å². The summed E-state index contributed by atoms with van der Waals surface area (Å²) < 4.78 is 0. The van der Waals surface area contributed by atoms with Gasteiger partial charge in [0.2, 0.25) is 0 Å². The Morgan fingerprint density at radius 3 is 2.64 bits per heavy atom. The van der Waals surface area contributed by atoms with Crippen molar-refractivity contribution in [1.29, 1.82) is 0 Å². The second-order valence-electron chi connectivity index (χ2n) is 2.50. The standard InChI is InChI=1S/C6H10N4.ClH/c1-2-7-5-6(1)10-8-3-4-9-10;/h3-4,6-7H,1-2,5H2;1H. The zero-order valence-electron chi connectivity index (χ0n) is 6.10. The van der Waals surface area contributed by atoms with E-state index in [4.69, 9.17) is 0 Å². The van der Waals surface area contributed by atoms with Crippen LogP contribution in [0.3, 0.4) is 0 Å². The summed E-state index contributed by atoms with van der Waals surface area (Å²) in [6.45, 7) is 2.10. The van der Waals surface area contributed by atoms with Gasteiger partial charge >= 0.3 is 0 Å². The van der Waals surface area contributed by atoms with Crippen molar-refractivity contribution in [3.8, 4) is 0 Å². The Labute approximate surface area is 71.4 Å². The summed E-state index contributed by atoms with van der Waals surface area (Å²) in [5, 5.41) is 11.4. The van der Waals surface area contributed by atoms with E-state index in [1.807, 2.05) is 0 Å². The van der Waals surface area contributed by atoms with E-state index in [0.717, 1.165) is 19.5 Å². The highest BCUT2D eigenvalue weighted by Crippen LogP contribution is 2.10. The van der Waals surface area contributed by atoms with Gasteiger partial charge in [0.25, 0.3) is 0 Å². The van der Waals surface area contributed by atoms with E-state index in [2.05, 4.69) is 15.5 Å². The Kier molecular flexibility index (Phi) is 2.84. The molecule has 0 spiro atoms. The Morgan fingerprint density at radius 2 is 2.09 bits per heavy atom. The summed E-state index contributed by atoms with van der Waals surface area (Å²) in [5.74, 6) is 0. The zero-order valence-corrected chi connectivity index (χ0v) is 6.92. The first kappa shape index (κ1) is 8.49. The second kappa shape index (κ2) is 3.69. The van der Waals surface area contributed by atoms with Crippen LogP contribution in [0.5, 0.6) is 0 Å². The first-order valence-corrected chi connectivity index (χ1v) is 3.53. The molecule has 0 amide bonds. The molecule has 2 heterocycles. The fourth-order valence-electron chi connectivity index (χ4n) is 1.25. The molecule has 0 saturated carbocycles. The van der Waals surface area contributed by atoms with Crippen molar-refractivity contribution >= 4 is 12.4 Å². The maximum atomic E-state index is 4.06. The third-order valence-electron chi connectivity index (χ3n) is 1.80. The van der Waals surface area contributed by atoms with Crippen LogP contribution in [0.2, 0.25) is 0 Å². The molecular weight excluding hydrogens is 164 g/mol. The number of hydrogen-bond acceptors (Lipinski definition) is 3. The van der Waals surface area contributed by atoms with Crippen LogP contribution in [0.25, 0.3) is 0 Å². The van der Waals surface area contributed by atoms with E-state index in [0.29, 0.717) is 6.04 Å². The fraction of sp³-hybridized carbons (Fsp3) is 0.667. The quantitative estimate of drug-likeness (QED) is 0.663. The molecule has 1 aliphatic heterocycles. The third-order valence-corrected chi connectivity index (χ3v) is 1.80. The molecule has 1 saturated heterocycles. The minimum Gasteiger partial charge on any atom is -0.314 e. The second-order valence-corrected chi connectivity index (χ2v) is 2.50. The van der Waals surface area contributed by atoms with Crippen molar-refractivity contribution in [3.05, 3.63) is 12.4 Å². The molecule has 1 fully saturated rings. The summed E-state index contributed by atoms with van der Waals surface area (Å²) in [5.41, 5.74) is 0. The minimum absolute atomic E-state index is 0. The molecule has 2 rings (SSSR count). The molecule has 1 aliphatic rings. The predicted molar refractivity (Wildman–Crippen MR) is 43.8 cm³/mol. The van der Waals surface area contributed by atoms with Crippen molar-refractivity contribution in [1.82, 2.24) is 20.3 Å². The van der Waals surface area contributed by atoms with Gasteiger partial charge in [0.15, 0.2) is 0 Å². The number of nitrogens with zero attached hydrogens (tertiary/aromatic N) is 3. The van der Waals surface area contributed by atoms with Crippen LogP contribution in [0.15, 0.2) is 12.4 Å². The molecule has 1 aromatic heterocycles. The average molecular weight is 175 g/mol. The van der Waals surface area contributed by atoms with E-state index in [1.165, 1.54) is 0 Å². The lowest BCUT2D eigenvalue weighted by molar-refractivity contribution is 0.433. The van der Waals surface area contributed by atoms with E-state index in [-0.39, 0.29) is 12.4 Å². The van der Waals surface area contributed by atoms with Gasteiger partial charge in [-0.15, -0.1) is 12.4 Å². The van der Waals surface area contributed by atoms with Gasteiger partial charge in [0.05, 0.1) is 18.4 Å². The Morgan fingerprint density at radius 1 is 1.36 bits per heavy atom. The molecule has 1 atom stereocenters. The number of rotatable bonds is 1. The number of halogens is 1. The van der Waals surface area contributed by atoms with Gasteiger partial charge < -0.3 is 5.32 Å². The number of hydrogen-bond donors (Lipinski definition) is 1. The van der Waals surface area contributed by atoms with Crippen LogP contribution in [0, 0.1) is 0 Å². The molecule has 11 heavy (non-hydrogen) atoms. The van der Waals surface area contributed by atoms with Crippen LogP contribution in [0.4, 0.5) is 0 Å². The Balaban J connectivity index is 0.000000605. The molecule has 5 heteroatoms. The smallest absolute Gasteiger partial charge is 0.0852 e. The lowest BCUT2D eigenvalue weighted by atomic mass is 10.3.